The Bertz CT molecular complexity index is 660. The van der Waals surface area contributed by atoms with E-state index in [0.717, 1.165) is 19.3 Å². The van der Waals surface area contributed by atoms with Gasteiger partial charge >= 0.3 is 6.09 Å². The van der Waals surface area contributed by atoms with Crippen molar-refractivity contribution in [3.63, 3.8) is 0 Å². The van der Waals surface area contributed by atoms with E-state index in [4.69, 9.17) is 4.74 Å². The van der Waals surface area contributed by atoms with E-state index in [-0.39, 0.29) is 36.2 Å². The van der Waals surface area contributed by atoms with Crippen molar-refractivity contribution in [3.05, 3.63) is 0 Å². The molecule has 0 bridgehead atoms. The fourth-order valence-corrected chi connectivity index (χ4v) is 6.46. The van der Waals surface area contributed by atoms with Gasteiger partial charge in [0.1, 0.15) is 6.10 Å². The molecule has 0 radical (unpaired) electrons. The number of amides is 2. The minimum atomic E-state index is -0.637. The topological polar surface area (TPSA) is 119 Å². The molecule has 0 aromatic rings. The van der Waals surface area contributed by atoms with Gasteiger partial charge < -0.3 is 30.3 Å². The van der Waals surface area contributed by atoms with E-state index < -0.39 is 29.8 Å². The lowest BCUT2D eigenvalue weighted by atomic mass is 9.46. The van der Waals surface area contributed by atoms with E-state index in [0.29, 0.717) is 38.9 Å². The molecule has 4 N–H and O–H groups in total. The third-order valence-corrected chi connectivity index (χ3v) is 8.36. The molecule has 8 heteroatoms. The van der Waals surface area contributed by atoms with Crippen LogP contribution in [0.3, 0.4) is 0 Å². The molecule has 1 heterocycles. The second-order valence-corrected chi connectivity index (χ2v) is 10.3. The van der Waals surface area contributed by atoms with Crippen molar-refractivity contribution in [1.82, 2.24) is 10.2 Å². The number of fused-ring (bicyclic) bond motifs is 1. The smallest absolute Gasteiger partial charge is 0.407 e. The molecule has 3 fully saturated rings. The van der Waals surface area contributed by atoms with E-state index in [9.17, 15) is 24.9 Å². The Labute approximate surface area is 185 Å². The van der Waals surface area contributed by atoms with E-state index in [1.54, 1.807) is 4.90 Å². The number of ether oxygens (including phenoxy) is 1. The first kappa shape index (κ1) is 24.3. The molecule has 3 rings (SSSR count). The molecular weight excluding hydrogens is 400 g/mol. The van der Waals surface area contributed by atoms with Crippen molar-refractivity contribution >= 4 is 12.0 Å². The summed E-state index contributed by atoms with van der Waals surface area (Å²) in [5.41, 5.74) is -0.981. The molecule has 178 valence electrons. The fraction of sp³-hybridized carbons (Fsp3) is 0.913. The number of hydrogen-bond donors (Lipinski definition) is 4. The zero-order chi connectivity index (χ0) is 22.8. The highest BCUT2D eigenvalue weighted by molar-refractivity contribution is 5.77. The number of aliphatic hydroxyl groups is 3. The van der Waals surface area contributed by atoms with Crippen LogP contribution in [-0.4, -0.2) is 76.8 Å². The molecule has 7 atom stereocenters. The molecule has 0 unspecified atom stereocenters. The van der Waals surface area contributed by atoms with Gasteiger partial charge in [-0.2, -0.15) is 0 Å². The third-order valence-electron chi connectivity index (χ3n) is 8.36. The largest absolute Gasteiger partial charge is 0.446 e. The van der Waals surface area contributed by atoms with Gasteiger partial charge in [0.25, 0.3) is 0 Å². The first-order valence-electron chi connectivity index (χ1n) is 11.8. The molecule has 1 aliphatic heterocycles. The van der Waals surface area contributed by atoms with Gasteiger partial charge in [0.2, 0.25) is 5.91 Å². The summed E-state index contributed by atoms with van der Waals surface area (Å²) in [6.45, 7) is 7.41. The first-order chi connectivity index (χ1) is 14.7. The monoisotopic (exact) mass is 440 g/mol. The van der Waals surface area contributed by atoms with E-state index in [1.165, 1.54) is 0 Å². The highest BCUT2D eigenvalue weighted by Gasteiger charge is 2.60. The molecule has 2 aliphatic carbocycles. The second-order valence-electron chi connectivity index (χ2n) is 10.3. The molecule has 31 heavy (non-hydrogen) atoms. The standard InChI is InChI=1S/C23H40N2O6/c1-4-10-24-21(30)31-19-7-9-22(2)16(12-20(29)25-11-8-15(27)13-25)17(28)5-6-18(22)23(19,3)14-26/h15-19,26-28H,4-14H2,1-3H3,(H,24,30)/t15-,16-,17-,18+,19-,22+,23+/m1/s1. The molecule has 0 aromatic carbocycles. The number of likely N-dealkylation sites (tertiary alicyclic amines) is 1. The molecule has 8 nitrogen and oxygen atoms in total. The number of nitrogens with one attached hydrogen (secondary N) is 1. The SMILES string of the molecule is CCCNC(=O)O[C@@H]1CC[C@]2(C)[C@H](CC[C@@H](O)[C@H]2CC(=O)N2CC[C@@H](O)C2)[C@]1(C)CO. The first-order valence-corrected chi connectivity index (χ1v) is 11.8. The normalized spacial score (nSPS) is 40.3. The summed E-state index contributed by atoms with van der Waals surface area (Å²) >= 11 is 0. The van der Waals surface area contributed by atoms with Crippen LogP contribution in [0, 0.1) is 22.7 Å². The van der Waals surface area contributed by atoms with Crippen molar-refractivity contribution in [2.75, 3.05) is 26.2 Å². The molecule has 1 saturated heterocycles. The minimum absolute atomic E-state index is 0.0214. The van der Waals surface area contributed by atoms with Crippen LogP contribution in [-0.2, 0) is 9.53 Å². The summed E-state index contributed by atoms with van der Waals surface area (Å²) in [7, 11) is 0. The number of nitrogens with zero attached hydrogens (tertiary/aromatic N) is 1. The van der Waals surface area contributed by atoms with Crippen molar-refractivity contribution in [3.8, 4) is 0 Å². The van der Waals surface area contributed by atoms with Gasteiger partial charge in [0.15, 0.2) is 0 Å². The summed E-state index contributed by atoms with van der Waals surface area (Å²) in [4.78, 5) is 26.9. The van der Waals surface area contributed by atoms with Crippen molar-refractivity contribution < 1.29 is 29.6 Å². The van der Waals surface area contributed by atoms with Gasteiger partial charge in [-0.25, -0.2) is 4.79 Å². The van der Waals surface area contributed by atoms with Crippen LogP contribution >= 0.6 is 0 Å². The van der Waals surface area contributed by atoms with Crippen LogP contribution in [0.2, 0.25) is 0 Å². The van der Waals surface area contributed by atoms with Crippen molar-refractivity contribution in [2.45, 2.75) is 84.0 Å². The van der Waals surface area contributed by atoms with Gasteiger partial charge in [-0.1, -0.05) is 20.8 Å². The Morgan fingerprint density at radius 2 is 1.90 bits per heavy atom. The van der Waals surface area contributed by atoms with Gasteiger partial charge in [-0.15, -0.1) is 0 Å². The Balaban J connectivity index is 1.77. The molecule has 0 aromatic heterocycles. The summed E-state index contributed by atoms with van der Waals surface area (Å²) in [6.07, 6.45) is 2.34. The Morgan fingerprint density at radius 3 is 2.52 bits per heavy atom. The lowest BCUT2D eigenvalue weighted by Gasteiger charge is -2.60. The summed E-state index contributed by atoms with van der Waals surface area (Å²) < 4.78 is 5.75. The lowest BCUT2D eigenvalue weighted by molar-refractivity contribution is -0.187. The maximum atomic E-state index is 12.9. The van der Waals surface area contributed by atoms with Gasteiger partial charge in [-0.3, -0.25) is 4.79 Å². The minimum Gasteiger partial charge on any atom is -0.446 e. The fourth-order valence-electron chi connectivity index (χ4n) is 6.46. The van der Waals surface area contributed by atoms with Crippen LogP contribution in [0.25, 0.3) is 0 Å². The highest BCUT2D eigenvalue weighted by Crippen LogP contribution is 2.61. The predicted octanol–water partition coefficient (Wildman–Crippen LogP) is 1.66. The third kappa shape index (κ3) is 4.71. The van der Waals surface area contributed by atoms with Crippen LogP contribution in [0.1, 0.15) is 65.7 Å². The Morgan fingerprint density at radius 1 is 1.16 bits per heavy atom. The number of carbonyl (C=O) groups is 2. The number of rotatable bonds is 6. The van der Waals surface area contributed by atoms with E-state index >= 15 is 0 Å². The van der Waals surface area contributed by atoms with Crippen LogP contribution < -0.4 is 5.32 Å². The van der Waals surface area contributed by atoms with E-state index in [1.807, 2.05) is 13.8 Å². The van der Waals surface area contributed by atoms with E-state index in [2.05, 4.69) is 12.2 Å². The predicted molar refractivity (Wildman–Crippen MR) is 115 cm³/mol. The Kier molecular flexibility index (Phi) is 7.54. The number of alkyl carbamates (subject to hydrolysis) is 1. The highest BCUT2D eigenvalue weighted by atomic mass is 16.6. The zero-order valence-electron chi connectivity index (χ0n) is 19.2. The lowest BCUT2D eigenvalue weighted by Crippen LogP contribution is -2.61. The van der Waals surface area contributed by atoms with Crippen molar-refractivity contribution in [2.24, 2.45) is 22.7 Å². The average molecular weight is 441 g/mol. The molecule has 3 aliphatic rings. The van der Waals surface area contributed by atoms with Crippen LogP contribution in [0.15, 0.2) is 0 Å². The van der Waals surface area contributed by atoms with Gasteiger partial charge in [-0.05, 0) is 55.8 Å². The zero-order valence-corrected chi connectivity index (χ0v) is 19.2. The van der Waals surface area contributed by atoms with Gasteiger partial charge in [0, 0.05) is 31.5 Å². The molecule has 0 spiro atoms. The molecule has 2 amide bonds. The summed E-state index contributed by atoms with van der Waals surface area (Å²) in [5, 5.41) is 33.8. The summed E-state index contributed by atoms with van der Waals surface area (Å²) in [6, 6.07) is 0. The number of carbonyl (C=O) groups excluding carboxylic acids is 2. The maximum absolute atomic E-state index is 12.9. The quantitative estimate of drug-likeness (QED) is 0.499. The summed E-state index contributed by atoms with van der Waals surface area (Å²) in [5.74, 6) is -0.226. The number of β-amino-alcohol motifs (C(OH)–C–C–N with tert-alkyl or cyclic N) is 1. The van der Waals surface area contributed by atoms with Gasteiger partial charge in [0.05, 0.1) is 18.8 Å². The molecular formula is C23H40N2O6. The number of hydrogen-bond acceptors (Lipinski definition) is 6. The average Bonchev–Trinajstić information content (AvgIpc) is 3.17. The maximum Gasteiger partial charge on any atom is 0.407 e. The molecule has 2 saturated carbocycles. The van der Waals surface area contributed by atoms with Crippen LogP contribution in [0.5, 0.6) is 0 Å². The Hall–Kier alpha value is -1.38. The van der Waals surface area contributed by atoms with Crippen LogP contribution in [0.4, 0.5) is 4.79 Å². The van der Waals surface area contributed by atoms with Crippen molar-refractivity contribution in [1.29, 1.82) is 0 Å². The second kappa shape index (κ2) is 9.63. The number of aliphatic hydroxyl groups excluding tert-OH is 3.